The van der Waals surface area contributed by atoms with E-state index in [1.807, 2.05) is 48.5 Å². The van der Waals surface area contributed by atoms with E-state index in [1.165, 1.54) is 18.2 Å². The van der Waals surface area contributed by atoms with Crippen molar-refractivity contribution in [2.24, 2.45) is 0 Å². The van der Waals surface area contributed by atoms with Gasteiger partial charge in [-0.25, -0.2) is 0 Å². The van der Waals surface area contributed by atoms with Crippen LogP contribution in [-0.4, -0.2) is 40.2 Å². The number of para-hydroxylation sites is 2. The normalized spacial score (nSPS) is 10.8. The first-order valence-electron chi connectivity index (χ1n) is 11.2. The second-order valence-electron chi connectivity index (χ2n) is 7.58. The van der Waals surface area contributed by atoms with E-state index in [9.17, 15) is 0 Å². The summed E-state index contributed by atoms with van der Waals surface area (Å²) in [6.07, 6.45) is 5.14. The van der Waals surface area contributed by atoms with Gasteiger partial charge >= 0.3 is 0 Å². The number of nitrogens with zero attached hydrogens (tertiary/aromatic N) is 2. The molecule has 0 aliphatic rings. The van der Waals surface area contributed by atoms with Gasteiger partial charge in [0.25, 0.3) is 0 Å². The van der Waals surface area contributed by atoms with Gasteiger partial charge in [0.15, 0.2) is 0 Å². The summed E-state index contributed by atoms with van der Waals surface area (Å²) in [5.74, 6) is 0. The van der Waals surface area contributed by atoms with Gasteiger partial charge < -0.3 is 9.84 Å². The van der Waals surface area contributed by atoms with Crippen molar-refractivity contribution < 1.29 is 9.84 Å². The van der Waals surface area contributed by atoms with E-state index in [-0.39, 0.29) is 6.61 Å². The molecule has 0 unspecified atom stereocenters. The van der Waals surface area contributed by atoms with Crippen LogP contribution < -0.4 is 0 Å². The van der Waals surface area contributed by atoms with Crippen LogP contribution in [0.2, 0.25) is 0 Å². The minimum atomic E-state index is 0.158. The number of aliphatic hydroxyl groups excluding tert-OH is 1. The molecule has 0 aliphatic heterocycles. The number of ether oxygens (including phenoxy) is 1. The maximum Gasteiger partial charge on any atom is 0.0705 e. The highest BCUT2D eigenvalue weighted by Crippen LogP contribution is 2.13. The smallest absolute Gasteiger partial charge is 0.0705 e. The molecule has 4 rings (SSSR count). The minimum Gasteiger partial charge on any atom is -0.396 e. The zero-order valence-corrected chi connectivity index (χ0v) is 20.0. The maximum absolute atomic E-state index is 8.75. The molecule has 0 fully saturated rings. The Kier molecular flexibility index (Phi) is 10.6. The van der Waals surface area contributed by atoms with Crippen molar-refractivity contribution in [1.29, 1.82) is 0 Å². The first-order chi connectivity index (χ1) is 15.8. The Balaban J connectivity index is 0.000000193. The monoisotopic (exact) mass is 494 g/mol. The number of alkyl halides is 1. The van der Waals surface area contributed by atoms with Gasteiger partial charge in [-0.3, -0.25) is 9.97 Å². The van der Waals surface area contributed by atoms with Crippen LogP contribution in [-0.2, 0) is 17.6 Å². The molecule has 2 aromatic heterocycles. The molecule has 32 heavy (non-hydrogen) atoms. The summed E-state index contributed by atoms with van der Waals surface area (Å²) in [5.41, 5.74) is 4.12. The molecule has 0 atom stereocenters. The molecule has 0 bridgehead atoms. The third-order valence-corrected chi connectivity index (χ3v) is 5.67. The van der Waals surface area contributed by atoms with Gasteiger partial charge in [0.05, 0.1) is 17.6 Å². The summed E-state index contributed by atoms with van der Waals surface area (Å²) in [6, 6.07) is 24.4. The van der Waals surface area contributed by atoms with Crippen LogP contribution in [0, 0.1) is 0 Å². The Bertz CT molecular complexity index is 1090. The number of halogens is 1. The van der Waals surface area contributed by atoms with Crippen molar-refractivity contribution in [3.63, 3.8) is 0 Å². The number of rotatable bonds is 10. The number of pyridine rings is 2. The number of hydrogen-bond acceptors (Lipinski definition) is 4. The number of aliphatic hydroxyl groups is 1. The van der Waals surface area contributed by atoms with Crippen LogP contribution in [0.3, 0.4) is 0 Å². The molecule has 2 heterocycles. The van der Waals surface area contributed by atoms with Gasteiger partial charge in [0.1, 0.15) is 0 Å². The van der Waals surface area contributed by atoms with Crippen molar-refractivity contribution >= 4 is 37.7 Å². The molecule has 0 aliphatic carbocycles. The molecule has 168 valence electrons. The summed E-state index contributed by atoms with van der Waals surface area (Å²) in [6.45, 7) is 1.78. The van der Waals surface area contributed by atoms with Gasteiger partial charge in [0, 0.05) is 53.5 Å². The molecular formula is C27H31BrN2O2. The standard InChI is InChI=1S/C16H20BrNO.C11H11NO/c17-11-4-1-5-12-19-13-10-15-9-8-14-6-2-3-7-16(14)18-15;13-8-7-10-6-5-9-3-1-2-4-11(9)12-10/h2-3,6-9H,1,4-5,10-13H2;1-6,13H,7-8H2. The van der Waals surface area contributed by atoms with Crippen LogP contribution in [0.5, 0.6) is 0 Å². The largest absolute Gasteiger partial charge is 0.396 e. The number of unbranched alkanes of at least 4 members (excludes halogenated alkanes) is 2. The molecule has 1 N–H and O–H groups in total. The van der Waals surface area contributed by atoms with Crippen molar-refractivity contribution in [3.05, 3.63) is 84.2 Å². The average Bonchev–Trinajstić information content (AvgIpc) is 2.84. The fraction of sp³-hybridized carbons (Fsp3) is 0.333. The average molecular weight is 495 g/mol. The van der Waals surface area contributed by atoms with E-state index < -0.39 is 0 Å². The number of fused-ring (bicyclic) bond motifs is 2. The van der Waals surface area contributed by atoms with E-state index >= 15 is 0 Å². The van der Waals surface area contributed by atoms with Crippen molar-refractivity contribution in [1.82, 2.24) is 9.97 Å². The van der Waals surface area contributed by atoms with E-state index in [0.717, 1.165) is 59.2 Å². The maximum atomic E-state index is 8.75. The van der Waals surface area contributed by atoms with Gasteiger partial charge in [-0.05, 0) is 37.1 Å². The molecule has 2 aromatic carbocycles. The van der Waals surface area contributed by atoms with Gasteiger partial charge in [-0.2, -0.15) is 0 Å². The van der Waals surface area contributed by atoms with Crippen molar-refractivity contribution in [3.8, 4) is 0 Å². The Hall–Kier alpha value is -2.34. The second-order valence-corrected chi connectivity index (χ2v) is 8.37. The number of benzene rings is 2. The lowest BCUT2D eigenvalue weighted by Crippen LogP contribution is -2.02. The van der Waals surface area contributed by atoms with Gasteiger partial charge in [-0.15, -0.1) is 0 Å². The highest BCUT2D eigenvalue weighted by atomic mass is 79.9. The third kappa shape index (κ3) is 7.97. The third-order valence-electron chi connectivity index (χ3n) is 5.10. The first-order valence-corrected chi connectivity index (χ1v) is 12.4. The van der Waals surface area contributed by atoms with Crippen molar-refractivity contribution in [2.45, 2.75) is 32.1 Å². The lowest BCUT2D eigenvalue weighted by molar-refractivity contribution is 0.133. The molecule has 0 saturated carbocycles. The summed E-state index contributed by atoms with van der Waals surface area (Å²) in [7, 11) is 0. The second kappa shape index (κ2) is 13.9. The van der Waals surface area contributed by atoms with Crippen molar-refractivity contribution in [2.75, 3.05) is 25.2 Å². The zero-order chi connectivity index (χ0) is 22.4. The summed E-state index contributed by atoms with van der Waals surface area (Å²) >= 11 is 3.43. The molecule has 4 nitrogen and oxygen atoms in total. The highest BCUT2D eigenvalue weighted by molar-refractivity contribution is 9.09. The number of hydrogen-bond donors (Lipinski definition) is 1. The Morgan fingerprint density at radius 2 is 1.25 bits per heavy atom. The molecular weight excluding hydrogens is 464 g/mol. The Labute approximate surface area is 198 Å². The first kappa shape index (κ1) is 24.3. The SMILES string of the molecule is BrCCCCCOCCc1ccc2ccccc2n1.OCCc1ccc2ccccc2n1. The Morgan fingerprint density at radius 1 is 0.656 bits per heavy atom. The lowest BCUT2D eigenvalue weighted by atomic mass is 10.2. The summed E-state index contributed by atoms with van der Waals surface area (Å²) in [4.78, 5) is 9.04. The van der Waals surface area contributed by atoms with Gasteiger partial charge in [0.2, 0.25) is 0 Å². The Morgan fingerprint density at radius 3 is 1.84 bits per heavy atom. The van der Waals surface area contributed by atoms with Crippen LogP contribution in [0.4, 0.5) is 0 Å². The minimum absolute atomic E-state index is 0.158. The molecule has 5 heteroatoms. The molecule has 0 radical (unpaired) electrons. The molecule has 0 amide bonds. The zero-order valence-electron chi connectivity index (χ0n) is 18.4. The molecule has 0 spiro atoms. The predicted molar refractivity (Wildman–Crippen MR) is 136 cm³/mol. The fourth-order valence-electron chi connectivity index (χ4n) is 3.36. The van der Waals surface area contributed by atoms with Crippen LogP contribution >= 0.6 is 15.9 Å². The highest BCUT2D eigenvalue weighted by Gasteiger charge is 1.99. The predicted octanol–water partition coefficient (Wildman–Crippen LogP) is 6.13. The summed E-state index contributed by atoms with van der Waals surface area (Å²) in [5, 5.41) is 12.2. The molecule has 0 saturated heterocycles. The number of aromatic nitrogens is 2. The summed E-state index contributed by atoms with van der Waals surface area (Å²) < 4.78 is 5.64. The van der Waals surface area contributed by atoms with E-state index in [0.29, 0.717) is 6.42 Å². The fourth-order valence-corrected chi connectivity index (χ4v) is 3.76. The molecule has 4 aromatic rings. The van der Waals surface area contributed by atoms with E-state index in [2.05, 4.69) is 50.2 Å². The lowest BCUT2D eigenvalue weighted by Gasteiger charge is -2.05. The van der Waals surface area contributed by atoms with Crippen LogP contribution in [0.1, 0.15) is 30.7 Å². The topological polar surface area (TPSA) is 55.2 Å². The van der Waals surface area contributed by atoms with Gasteiger partial charge in [-0.1, -0.05) is 70.9 Å². The van der Waals surface area contributed by atoms with Crippen LogP contribution in [0.25, 0.3) is 21.8 Å². The van der Waals surface area contributed by atoms with E-state index in [1.54, 1.807) is 0 Å². The quantitative estimate of drug-likeness (QED) is 0.213. The van der Waals surface area contributed by atoms with E-state index in [4.69, 9.17) is 9.84 Å². The van der Waals surface area contributed by atoms with Crippen LogP contribution in [0.15, 0.2) is 72.8 Å².